The van der Waals surface area contributed by atoms with Crippen LogP contribution in [0.3, 0.4) is 0 Å². The monoisotopic (exact) mass is 534 g/mol. The number of primary amides is 1. The molecule has 2 aromatic carbocycles. The van der Waals surface area contributed by atoms with Gasteiger partial charge in [0.15, 0.2) is 5.13 Å². The first-order valence-electron chi connectivity index (χ1n) is 11.3. The summed E-state index contributed by atoms with van der Waals surface area (Å²) < 4.78 is 18.6. The third-order valence-corrected chi connectivity index (χ3v) is 6.50. The fraction of sp³-hybridized carbons (Fsp3) is 0.115. The van der Waals surface area contributed by atoms with Crippen LogP contribution in [-0.2, 0) is 16.1 Å². The predicted octanol–water partition coefficient (Wildman–Crippen LogP) is 4.25. The predicted molar refractivity (Wildman–Crippen MR) is 142 cm³/mol. The molecule has 0 saturated heterocycles. The molecule has 5 N–H and O–H groups in total. The third-order valence-electron chi connectivity index (χ3n) is 5.43. The Morgan fingerprint density at radius 1 is 1.08 bits per heavy atom. The second kappa shape index (κ2) is 11.5. The second-order valence-electron chi connectivity index (χ2n) is 8.08. The summed E-state index contributed by atoms with van der Waals surface area (Å²) in [5.41, 5.74) is 13.0. The van der Waals surface area contributed by atoms with Gasteiger partial charge in [0.1, 0.15) is 35.0 Å². The molecule has 10 nitrogen and oxygen atoms in total. The van der Waals surface area contributed by atoms with Crippen LogP contribution < -0.4 is 21.7 Å². The zero-order valence-electron chi connectivity index (χ0n) is 20.1. The molecule has 1 atom stereocenters. The first-order valence-corrected chi connectivity index (χ1v) is 12.1. The van der Waals surface area contributed by atoms with Gasteiger partial charge in [-0.3, -0.25) is 14.9 Å². The highest BCUT2D eigenvalue weighted by molar-refractivity contribution is 7.18. The van der Waals surface area contributed by atoms with Crippen molar-refractivity contribution < 1.29 is 23.5 Å². The number of thiazole rings is 1. The first-order chi connectivity index (χ1) is 18.2. The number of nitrogens with two attached hydrogens (primary N) is 2. The van der Waals surface area contributed by atoms with E-state index in [2.05, 4.69) is 15.3 Å². The Labute approximate surface area is 221 Å². The molecular formula is C26H23FN6O4S. The van der Waals surface area contributed by atoms with Crippen molar-refractivity contribution in [2.24, 2.45) is 5.73 Å². The maximum Gasteiger partial charge on any atom is 0.413 e. The number of nitrogens with zero attached hydrogens (tertiary/aromatic N) is 3. The van der Waals surface area contributed by atoms with Gasteiger partial charge in [-0.15, -0.1) is 0 Å². The SMILES string of the molecule is CC(C(N)=O)N(c1ccc(F)cc1)c1nc(N)c(C(=O)c2ccc(NC(=O)OCc3ccccc3)nc2)s1. The maximum atomic E-state index is 13.5. The topological polar surface area (TPSA) is 154 Å². The van der Waals surface area contributed by atoms with Crippen LogP contribution in [0.15, 0.2) is 72.9 Å². The number of carbonyl (C=O) groups excluding carboxylic acids is 3. The fourth-order valence-corrected chi connectivity index (χ4v) is 4.46. The summed E-state index contributed by atoms with van der Waals surface area (Å²) in [6.45, 7) is 1.66. The van der Waals surface area contributed by atoms with Crippen molar-refractivity contribution in [1.82, 2.24) is 9.97 Å². The number of ether oxygens (including phenoxy) is 1. The summed E-state index contributed by atoms with van der Waals surface area (Å²) in [4.78, 5) is 47.1. The van der Waals surface area contributed by atoms with E-state index in [0.717, 1.165) is 16.9 Å². The zero-order chi connectivity index (χ0) is 27.2. The van der Waals surface area contributed by atoms with E-state index in [1.54, 1.807) is 6.92 Å². The van der Waals surface area contributed by atoms with Crippen LogP contribution in [0.25, 0.3) is 0 Å². The van der Waals surface area contributed by atoms with Crippen LogP contribution in [0.1, 0.15) is 27.7 Å². The second-order valence-corrected chi connectivity index (χ2v) is 9.06. The highest BCUT2D eigenvalue weighted by Crippen LogP contribution is 2.36. The summed E-state index contributed by atoms with van der Waals surface area (Å²) in [6, 6.07) is 16.7. The molecule has 0 fully saturated rings. The van der Waals surface area contributed by atoms with Crippen molar-refractivity contribution in [3.05, 3.63) is 94.7 Å². The highest BCUT2D eigenvalue weighted by Gasteiger charge is 2.27. The molecule has 0 bridgehead atoms. The lowest BCUT2D eigenvalue weighted by molar-refractivity contribution is -0.118. The number of halogens is 1. The normalized spacial score (nSPS) is 11.4. The first kappa shape index (κ1) is 26.2. The summed E-state index contributed by atoms with van der Waals surface area (Å²) in [5, 5.41) is 2.73. The molecule has 2 aromatic heterocycles. The molecule has 4 aromatic rings. The molecule has 0 spiro atoms. The number of anilines is 4. The minimum atomic E-state index is -0.859. The molecule has 0 aliphatic carbocycles. The van der Waals surface area contributed by atoms with Gasteiger partial charge in [0.2, 0.25) is 11.7 Å². The Morgan fingerprint density at radius 3 is 2.42 bits per heavy atom. The number of benzene rings is 2. The number of aromatic nitrogens is 2. The Bertz CT molecular complexity index is 1450. The summed E-state index contributed by atoms with van der Waals surface area (Å²) in [5.74, 6) is -1.42. The number of hydrogen-bond donors (Lipinski definition) is 3. The number of nitrogens with one attached hydrogen (secondary N) is 1. The van der Waals surface area contributed by atoms with Gasteiger partial charge in [-0.1, -0.05) is 41.7 Å². The number of ketones is 1. The van der Waals surface area contributed by atoms with Gasteiger partial charge < -0.3 is 21.1 Å². The van der Waals surface area contributed by atoms with Crippen LogP contribution in [-0.4, -0.2) is 33.8 Å². The number of rotatable bonds is 9. The largest absolute Gasteiger partial charge is 0.444 e. The summed E-state index contributed by atoms with van der Waals surface area (Å²) in [7, 11) is 0. The van der Waals surface area contributed by atoms with Crippen molar-refractivity contribution in [3.8, 4) is 0 Å². The standard InChI is InChI=1S/C26H23FN6O4S/c1-15(24(29)35)33(19-10-8-18(27)9-11-19)25-32-23(28)22(38-25)21(34)17-7-12-20(30-13-17)31-26(36)37-14-16-5-3-2-4-6-16/h2-13,15H,14,28H2,1H3,(H2,29,35)(H,30,31,36). The number of carbonyl (C=O) groups is 3. The van der Waals surface area contributed by atoms with Crippen molar-refractivity contribution in [3.63, 3.8) is 0 Å². The Morgan fingerprint density at radius 2 is 1.79 bits per heavy atom. The molecule has 0 aliphatic rings. The van der Waals surface area contributed by atoms with E-state index in [9.17, 15) is 18.8 Å². The lowest BCUT2D eigenvalue weighted by atomic mass is 10.1. The quantitative estimate of drug-likeness (QED) is 0.269. The molecule has 2 heterocycles. The minimum Gasteiger partial charge on any atom is -0.444 e. The van der Waals surface area contributed by atoms with Gasteiger partial charge in [0.05, 0.1) is 0 Å². The van der Waals surface area contributed by atoms with Gasteiger partial charge in [-0.2, -0.15) is 0 Å². The van der Waals surface area contributed by atoms with E-state index in [1.807, 2.05) is 30.3 Å². The van der Waals surface area contributed by atoms with Crippen molar-refractivity contribution >= 4 is 51.6 Å². The Balaban J connectivity index is 1.49. The average Bonchev–Trinajstić information content (AvgIpc) is 3.30. The third kappa shape index (κ3) is 6.10. The van der Waals surface area contributed by atoms with E-state index < -0.39 is 29.6 Å². The van der Waals surface area contributed by atoms with Gasteiger partial charge in [-0.25, -0.2) is 19.2 Å². The average molecular weight is 535 g/mol. The van der Waals surface area contributed by atoms with E-state index in [1.165, 1.54) is 47.5 Å². The fourth-order valence-electron chi connectivity index (χ4n) is 3.41. The molecule has 1 unspecified atom stereocenters. The van der Waals surface area contributed by atoms with Crippen LogP contribution in [0.2, 0.25) is 0 Å². The molecule has 38 heavy (non-hydrogen) atoms. The smallest absolute Gasteiger partial charge is 0.413 e. The van der Waals surface area contributed by atoms with E-state index in [4.69, 9.17) is 16.2 Å². The summed E-state index contributed by atoms with van der Waals surface area (Å²) in [6.07, 6.45) is 0.596. The maximum absolute atomic E-state index is 13.5. The summed E-state index contributed by atoms with van der Waals surface area (Å²) >= 11 is 0.956. The number of pyridine rings is 1. The van der Waals surface area contributed by atoms with Crippen molar-refractivity contribution in [1.29, 1.82) is 0 Å². The molecule has 0 saturated carbocycles. The van der Waals surface area contributed by atoms with Gasteiger partial charge in [0, 0.05) is 17.4 Å². The molecular weight excluding hydrogens is 511 g/mol. The lowest BCUT2D eigenvalue weighted by Crippen LogP contribution is -2.39. The molecule has 194 valence electrons. The lowest BCUT2D eigenvalue weighted by Gasteiger charge is -2.26. The van der Waals surface area contributed by atoms with E-state index >= 15 is 0 Å². The number of amides is 2. The molecule has 4 rings (SSSR count). The Kier molecular flexibility index (Phi) is 7.92. The minimum absolute atomic E-state index is 0.0505. The van der Waals surface area contributed by atoms with Crippen molar-refractivity contribution in [2.75, 3.05) is 16.0 Å². The van der Waals surface area contributed by atoms with Crippen LogP contribution in [0, 0.1) is 5.82 Å². The molecule has 2 amide bonds. The molecule has 0 radical (unpaired) electrons. The van der Waals surface area contributed by atoms with Crippen LogP contribution in [0.4, 0.5) is 31.6 Å². The van der Waals surface area contributed by atoms with Crippen molar-refractivity contribution in [2.45, 2.75) is 19.6 Å². The Hall–Kier alpha value is -4.84. The number of nitrogen functional groups attached to an aromatic ring is 1. The number of hydrogen-bond acceptors (Lipinski definition) is 9. The highest BCUT2D eigenvalue weighted by atomic mass is 32.1. The van der Waals surface area contributed by atoms with Gasteiger partial charge in [-0.05, 0) is 48.9 Å². The van der Waals surface area contributed by atoms with Gasteiger partial charge >= 0.3 is 6.09 Å². The zero-order valence-corrected chi connectivity index (χ0v) is 20.9. The van der Waals surface area contributed by atoms with Crippen LogP contribution >= 0.6 is 11.3 Å². The van der Waals surface area contributed by atoms with E-state index in [-0.39, 0.29) is 33.8 Å². The molecule has 12 heteroatoms. The van der Waals surface area contributed by atoms with E-state index in [0.29, 0.717) is 5.69 Å². The molecule has 0 aliphatic heterocycles. The van der Waals surface area contributed by atoms with Gasteiger partial charge in [0.25, 0.3) is 0 Å². The van der Waals surface area contributed by atoms with Crippen LogP contribution in [0.5, 0.6) is 0 Å².